The van der Waals surface area contributed by atoms with Gasteiger partial charge in [0.05, 0.1) is 23.9 Å². The van der Waals surface area contributed by atoms with Gasteiger partial charge in [0, 0.05) is 31.5 Å². The predicted molar refractivity (Wildman–Crippen MR) is 76.3 cm³/mol. The van der Waals surface area contributed by atoms with Crippen molar-refractivity contribution in [1.82, 2.24) is 15.1 Å². The first-order valence-electron chi connectivity index (χ1n) is 6.72. The molecule has 1 aromatic rings. The lowest BCUT2D eigenvalue weighted by atomic mass is 10.1. The third-order valence-electron chi connectivity index (χ3n) is 3.11. The van der Waals surface area contributed by atoms with Crippen LogP contribution in [-0.2, 0) is 10.3 Å². The van der Waals surface area contributed by atoms with Crippen molar-refractivity contribution in [2.45, 2.75) is 52.3 Å². The minimum absolute atomic E-state index is 0.0156. The van der Waals surface area contributed by atoms with E-state index in [1.54, 1.807) is 7.11 Å². The third-order valence-corrected chi connectivity index (χ3v) is 3.11. The van der Waals surface area contributed by atoms with Crippen LogP contribution in [0.1, 0.15) is 45.0 Å². The first-order valence-corrected chi connectivity index (χ1v) is 6.72. The number of aryl methyl sites for hydroxylation is 1. The first-order chi connectivity index (χ1) is 8.75. The molecule has 2 N–H and O–H groups in total. The highest BCUT2D eigenvalue weighted by Crippen LogP contribution is 2.20. The normalized spacial score (nSPS) is 15.5. The fourth-order valence-corrected chi connectivity index (χ4v) is 1.92. The molecule has 0 saturated heterocycles. The molecule has 0 aliphatic carbocycles. The molecule has 2 unspecified atom stereocenters. The maximum Gasteiger partial charge on any atom is 0.0897 e. The van der Waals surface area contributed by atoms with Gasteiger partial charge in [-0.05, 0) is 34.6 Å². The highest BCUT2D eigenvalue weighted by Gasteiger charge is 2.19. The van der Waals surface area contributed by atoms with Crippen LogP contribution in [-0.4, -0.2) is 41.3 Å². The number of nitrogens with zero attached hydrogens (tertiary/aromatic N) is 2. The van der Waals surface area contributed by atoms with Crippen LogP contribution in [0.2, 0.25) is 0 Å². The summed E-state index contributed by atoms with van der Waals surface area (Å²) in [4.78, 5) is 0. The Kier molecular flexibility index (Phi) is 5.52. The molecule has 0 aliphatic rings. The molecular weight excluding hydrogens is 242 g/mol. The minimum Gasteiger partial charge on any atom is -0.389 e. The van der Waals surface area contributed by atoms with Gasteiger partial charge in [-0.25, -0.2) is 0 Å². The second-order valence-corrected chi connectivity index (χ2v) is 6.02. The molecule has 0 aromatic carbocycles. The minimum atomic E-state index is -0.481. The maximum atomic E-state index is 9.64. The van der Waals surface area contributed by atoms with Gasteiger partial charge in [-0.2, -0.15) is 5.10 Å². The van der Waals surface area contributed by atoms with E-state index in [9.17, 15) is 5.11 Å². The van der Waals surface area contributed by atoms with Crippen LogP contribution in [0, 0.1) is 6.92 Å². The predicted octanol–water partition coefficient (Wildman–Crippen LogP) is 1.60. The van der Waals surface area contributed by atoms with E-state index in [2.05, 4.69) is 44.3 Å². The third kappa shape index (κ3) is 4.60. The van der Waals surface area contributed by atoms with Crippen LogP contribution in [0.25, 0.3) is 0 Å². The Bertz CT molecular complexity index is 396. The zero-order valence-electron chi connectivity index (χ0n) is 12.9. The standard InChI is InChI=1S/C14H27N3O2/c1-10(15-7-12(18)9-19-6)13-8-17(14(3,4)5)16-11(13)2/h8,10,12,15,18H,7,9H2,1-6H3. The Hall–Kier alpha value is -0.910. The van der Waals surface area contributed by atoms with Crippen molar-refractivity contribution in [2.75, 3.05) is 20.3 Å². The fourth-order valence-electron chi connectivity index (χ4n) is 1.92. The Morgan fingerprint density at radius 2 is 2.11 bits per heavy atom. The Morgan fingerprint density at radius 3 is 2.58 bits per heavy atom. The zero-order valence-corrected chi connectivity index (χ0v) is 12.9. The number of nitrogens with one attached hydrogen (secondary N) is 1. The van der Waals surface area contributed by atoms with Crippen LogP contribution in [0.5, 0.6) is 0 Å². The Morgan fingerprint density at radius 1 is 1.47 bits per heavy atom. The quantitative estimate of drug-likeness (QED) is 0.823. The van der Waals surface area contributed by atoms with Gasteiger partial charge in [-0.15, -0.1) is 0 Å². The molecule has 0 fully saturated rings. The van der Waals surface area contributed by atoms with Crippen LogP contribution < -0.4 is 5.32 Å². The van der Waals surface area contributed by atoms with E-state index in [0.717, 1.165) is 5.69 Å². The second kappa shape index (κ2) is 6.50. The number of aliphatic hydroxyl groups excluding tert-OH is 1. The molecule has 0 radical (unpaired) electrons. The lowest BCUT2D eigenvalue weighted by Gasteiger charge is -2.19. The van der Waals surface area contributed by atoms with Gasteiger partial charge in [-0.3, -0.25) is 4.68 Å². The van der Waals surface area contributed by atoms with E-state index in [1.807, 2.05) is 11.6 Å². The van der Waals surface area contributed by atoms with Crippen molar-refractivity contribution >= 4 is 0 Å². The van der Waals surface area contributed by atoms with E-state index < -0.39 is 6.10 Å². The van der Waals surface area contributed by atoms with Crippen molar-refractivity contribution in [3.63, 3.8) is 0 Å². The molecule has 0 amide bonds. The molecule has 1 heterocycles. The number of ether oxygens (including phenoxy) is 1. The van der Waals surface area contributed by atoms with Crippen molar-refractivity contribution < 1.29 is 9.84 Å². The molecule has 0 aliphatic heterocycles. The molecule has 19 heavy (non-hydrogen) atoms. The van der Waals surface area contributed by atoms with Crippen LogP contribution in [0.4, 0.5) is 0 Å². The van der Waals surface area contributed by atoms with Gasteiger partial charge in [0.25, 0.3) is 0 Å². The van der Waals surface area contributed by atoms with Crippen LogP contribution >= 0.6 is 0 Å². The average Bonchev–Trinajstić information content (AvgIpc) is 2.68. The lowest BCUT2D eigenvalue weighted by Crippen LogP contribution is -2.32. The van der Waals surface area contributed by atoms with Gasteiger partial charge < -0.3 is 15.2 Å². The van der Waals surface area contributed by atoms with Crippen LogP contribution in [0.3, 0.4) is 0 Å². The Balaban J connectivity index is 2.67. The summed E-state index contributed by atoms with van der Waals surface area (Å²) in [5, 5.41) is 17.5. The highest BCUT2D eigenvalue weighted by atomic mass is 16.5. The lowest BCUT2D eigenvalue weighted by molar-refractivity contribution is 0.0630. The molecular formula is C14H27N3O2. The van der Waals surface area contributed by atoms with E-state index in [1.165, 1.54) is 5.56 Å². The van der Waals surface area contributed by atoms with Gasteiger partial charge >= 0.3 is 0 Å². The SMILES string of the molecule is COCC(O)CNC(C)c1cn(C(C)(C)C)nc1C. The zero-order chi connectivity index (χ0) is 14.6. The van der Waals surface area contributed by atoms with Gasteiger partial charge in [-0.1, -0.05) is 0 Å². The molecule has 0 saturated carbocycles. The Labute approximate surface area is 116 Å². The topological polar surface area (TPSA) is 59.3 Å². The highest BCUT2D eigenvalue weighted by molar-refractivity contribution is 5.20. The molecule has 1 rings (SSSR count). The number of aliphatic hydroxyl groups is 1. The molecule has 1 aromatic heterocycles. The number of rotatable bonds is 6. The fraction of sp³-hybridized carbons (Fsp3) is 0.786. The summed E-state index contributed by atoms with van der Waals surface area (Å²) in [5.41, 5.74) is 2.17. The van der Waals surface area contributed by atoms with Gasteiger partial charge in [0.15, 0.2) is 0 Å². The number of aromatic nitrogens is 2. The molecule has 5 heteroatoms. The molecule has 110 valence electrons. The summed E-state index contributed by atoms with van der Waals surface area (Å²) in [5.74, 6) is 0. The largest absolute Gasteiger partial charge is 0.389 e. The van der Waals surface area contributed by atoms with Crippen molar-refractivity contribution in [2.24, 2.45) is 0 Å². The maximum absolute atomic E-state index is 9.64. The molecule has 0 bridgehead atoms. The van der Waals surface area contributed by atoms with Crippen molar-refractivity contribution in [3.8, 4) is 0 Å². The van der Waals surface area contributed by atoms with Gasteiger partial charge in [0.2, 0.25) is 0 Å². The van der Waals surface area contributed by atoms with Gasteiger partial charge in [0.1, 0.15) is 0 Å². The van der Waals surface area contributed by atoms with E-state index in [4.69, 9.17) is 4.74 Å². The molecule has 0 spiro atoms. The number of hydrogen-bond acceptors (Lipinski definition) is 4. The van der Waals surface area contributed by atoms with E-state index in [-0.39, 0.29) is 11.6 Å². The monoisotopic (exact) mass is 269 g/mol. The van der Waals surface area contributed by atoms with Crippen molar-refractivity contribution in [1.29, 1.82) is 0 Å². The summed E-state index contributed by atoms with van der Waals surface area (Å²) >= 11 is 0. The smallest absolute Gasteiger partial charge is 0.0897 e. The summed E-state index contributed by atoms with van der Waals surface area (Å²) in [6.45, 7) is 11.3. The molecule has 2 atom stereocenters. The summed E-state index contributed by atoms with van der Waals surface area (Å²) in [6.07, 6.45) is 1.60. The van der Waals surface area contributed by atoms with Crippen LogP contribution in [0.15, 0.2) is 6.20 Å². The number of hydrogen-bond donors (Lipinski definition) is 2. The average molecular weight is 269 g/mol. The summed E-state index contributed by atoms with van der Waals surface area (Å²) in [7, 11) is 1.59. The first kappa shape index (κ1) is 16.1. The summed E-state index contributed by atoms with van der Waals surface area (Å²) < 4.78 is 6.90. The second-order valence-electron chi connectivity index (χ2n) is 6.02. The van der Waals surface area contributed by atoms with E-state index in [0.29, 0.717) is 13.2 Å². The number of methoxy groups -OCH3 is 1. The van der Waals surface area contributed by atoms with E-state index >= 15 is 0 Å². The summed E-state index contributed by atoms with van der Waals surface area (Å²) in [6, 6.07) is 0.155. The molecule has 5 nitrogen and oxygen atoms in total. The van der Waals surface area contributed by atoms with Crippen molar-refractivity contribution in [3.05, 3.63) is 17.5 Å².